The van der Waals surface area contributed by atoms with Gasteiger partial charge in [-0.1, -0.05) is 0 Å². The SMILES string of the molecule is C[C@@]1(CO)OC(=O)[C@@](NC(=O)C(N)=O)(OCCC(=O)O)[C@H]1O. The van der Waals surface area contributed by atoms with E-state index in [4.69, 9.17) is 20.3 Å². The first-order chi connectivity index (χ1) is 10.1. The summed E-state index contributed by atoms with van der Waals surface area (Å²) < 4.78 is 9.77. The van der Waals surface area contributed by atoms with Crippen molar-refractivity contribution in [2.75, 3.05) is 13.2 Å². The average Bonchev–Trinajstić information content (AvgIpc) is 2.60. The summed E-state index contributed by atoms with van der Waals surface area (Å²) >= 11 is 0. The van der Waals surface area contributed by atoms with Crippen molar-refractivity contribution in [3.05, 3.63) is 0 Å². The lowest BCUT2D eigenvalue weighted by Crippen LogP contribution is -2.65. The molecule has 2 amide bonds. The van der Waals surface area contributed by atoms with Crippen LogP contribution in [0.3, 0.4) is 0 Å². The van der Waals surface area contributed by atoms with Crippen LogP contribution in [0.5, 0.6) is 0 Å². The first kappa shape index (κ1) is 17.8. The molecular weight excluding hydrogens is 304 g/mol. The Balaban J connectivity index is 3.10. The van der Waals surface area contributed by atoms with Crippen LogP contribution in [-0.4, -0.2) is 69.7 Å². The third kappa shape index (κ3) is 3.16. The molecule has 1 rings (SSSR count). The molecule has 124 valence electrons. The largest absolute Gasteiger partial charge is 0.481 e. The van der Waals surface area contributed by atoms with Gasteiger partial charge in [0, 0.05) is 0 Å². The van der Waals surface area contributed by atoms with E-state index in [1.807, 2.05) is 0 Å². The van der Waals surface area contributed by atoms with E-state index in [0.717, 1.165) is 6.92 Å². The predicted octanol–water partition coefficient (Wildman–Crippen LogP) is -3.56. The van der Waals surface area contributed by atoms with Crippen LogP contribution in [0.15, 0.2) is 0 Å². The first-order valence-electron chi connectivity index (χ1n) is 6.09. The zero-order valence-electron chi connectivity index (χ0n) is 11.6. The van der Waals surface area contributed by atoms with Crippen LogP contribution in [0.2, 0.25) is 0 Å². The zero-order valence-corrected chi connectivity index (χ0v) is 11.6. The van der Waals surface area contributed by atoms with Crippen LogP contribution in [0.4, 0.5) is 0 Å². The molecule has 0 spiro atoms. The summed E-state index contributed by atoms with van der Waals surface area (Å²) in [5, 5.41) is 29.7. The Morgan fingerprint density at radius 1 is 1.45 bits per heavy atom. The molecule has 0 saturated carbocycles. The first-order valence-corrected chi connectivity index (χ1v) is 6.09. The molecule has 22 heavy (non-hydrogen) atoms. The summed E-state index contributed by atoms with van der Waals surface area (Å²) in [4.78, 5) is 44.7. The number of primary amides is 1. The summed E-state index contributed by atoms with van der Waals surface area (Å²) in [6.07, 6.45) is -2.46. The Kier molecular flexibility index (Phi) is 5.06. The molecule has 0 aromatic rings. The minimum absolute atomic E-state index is 0.552. The van der Waals surface area contributed by atoms with Gasteiger partial charge in [0.15, 0.2) is 11.7 Å². The fraction of sp³-hybridized carbons (Fsp3) is 0.636. The summed E-state index contributed by atoms with van der Waals surface area (Å²) in [6, 6.07) is 0. The van der Waals surface area contributed by atoms with Gasteiger partial charge in [0.1, 0.15) is 0 Å². The Morgan fingerprint density at radius 2 is 2.05 bits per heavy atom. The van der Waals surface area contributed by atoms with Gasteiger partial charge in [-0.3, -0.25) is 14.4 Å². The number of nitrogens with one attached hydrogen (secondary N) is 1. The Labute approximate surface area is 124 Å². The summed E-state index contributed by atoms with van der Waals surface area (Å²) in [5.74, 6) is -5.47. The summed E-state index contributed by atoms with van der Waals surface area (Å²) in [7, 11) is 0. The van der Waals surface area contributed by atoms with Gasteiger partial charge in [-0.25, -0.2) is 4.79 Å². The number of aliphatic carboxylic acids is 1. The molecule has 1 heterocycles. The van der Waals surface area contributed by atoms with Gasteiger partial charge in [0.25, 0.3) is 5.72 Å². The molecule has 11 heteroatoms. The lowest BCUT2D eigenvalue weighted by Gasteiger charge is -2.31. The minimum Gasteiger partial charge on any atom is -0.481 e. The van der Waals surface area contributed by atoms with Crippen LogP contribution in [0, 0.1) is 0 Å². The van der Waals surface area contributed by atoms with Crippen molar-refractivity contribution in [1.29, 1.82) is 0 Å². The van der Waals surface area contributed by atoms with Crippen molar-refractivity contribution in [2.45, 2.75) is 30.8 Å². The highest BCUT2D eigenvalue weighted by molar-refractivity contribution is 6.35. The van der Waals surface area contributed by atoms with Crippen molar-refractivity contribution in [3.63, 3.8) is 0 Å². The number of hydrogen-bond acceptors (Lipinski definition) is 8. The normalized spacial score (nSPS) is 30.7. The maximum absolute atomic E-state index is 12.0. The summed E-state index contributed by atoms with van der Waals surface area (Å²) in [5.41, 5.74) is 0.400. The van der Waals surface area contributed by atoms with Crippen molar-refractivity contribution < 1.29 is 44.0 Å². The number of carbonyl (C=O) groups is 4. The zero-order chi connectivity index (χ0) is 17.1. The average molecular weight is 320 g/mol. The molecule has 1 aliphatic rings. The van der Waals surface area contributed by atoms with Crippen molar-refractivity contribution >= 4 is 23.8 Å². The molecular formula is C11H16N2O9. The van der Waals surface area contributed by atoms with Gasteiger partial charge in [0.05, 0.1) is 19.6 Å². The molecule has 6 N–H and O–H groups in total. The Bertz CT molecular complexity index is 508. The van der Waals surface area contributed by atoms with E-state index in [-0.39, 0.29) is 0 Å². The third-order valence-corrected chi connectivity index (χ3v) is 3.08. The number of esters is 1. The van der Waals surface area contributed by atoms with E-state index in [2.05, 4.69) is 0 Å². The van der Waals surface area contributed by atoms with Crippen LogP contribution in [0.1, 0.15) is 13.3 Å². The van der Waals surface area contributed by atoms with Gasteiger partial charge >= 0.3 is 23.8 Å². The smallest absolute Gasteiger partial charge is 0.363 e. The van der Waals surface area contributed by atoms with Gasteiger partial charge in [-0.05, 0) is 6.92 Å². The number of carboxylic acids is 1. The van der Waals surface area contributed by atoms with Crippen molar-refractivity contribution in [3.8, 4) is 0 Å². The fourth-order valence-electron chi connectivity index (χ4n) is 1.83. The minimum atomic E-state index is -2.54. The second-order valence-electron chi connectivity index (χ2n) is 4.81. The van der Waals surface area contributed by atoms with E-state index in [1.165, 1.54) is 0 Å². The van der Waals surface area contributed by atoms with Crippen LogP contribution >= 0.6 is 0 Å². The van der Waals surface area contributed by atoms with Crippen molar-refractivity contribution in [2.24, 2.45) is 5.73 Å². The molecule has 11 nitrogen and oxygen atoms in total. The second kappa shape index (κ2) is 6.25. The number of nitrogens with two attached hydrogens (primary N) is 1. The fourth-order valence-corrected chi connectivity index (χ4v) is 1.83. The highest BCUT2D eigenvalue weighted by atomic mass is 16.6. The highest BCUT2D eigenvalue weighted by Crippen LogP contribution is 2.35. The van der Waals surface area contributed by atoms with Crippen LogP contribution in [-0.2, 0) is 28.7 Å². The Hall–Kier alpha value is -2.24. The molecule has 1 fully saturated rings. The number of rotatable bonds is 6. The number of cyclic esters (lactones) is 1. The topological polar surface area (TPSA) is 185 Å². The van der Waals surface area contributed by atoms with E-state index < -0.39 is 60.8 Å². The predicted molar refractivity (Wildman–Crippen MR) is 65.9 cm³/mol. The summed E-state index contributed by atoms with van der Waals surface area (Å²) in [6.45, 7) is -0.229. The second-order valence-corrected chi connectivity index (χ2v) is 4.81. The molecule has 0 aromatic carbocycles. The number of ether oxygens (including phenoxy) is 2. The quantitative estimate of drug-likeness (QED) is 0.187. The molecule has 0 aliphatic carbocycles. The number of carbonyl (C=O) groups excluding carboxylic acids is 3. The lowest BCUT2D eigenvalue weighted by molar-refractivity contribution is -0.176. The van der Waals surface area contributed by atoms with E-state index in [0.29, 0.717) is 0 Å². The van der Waals surface area contributed by atoms with Crippen molar-refractivity contribution in [1.82, 2.24) is 5.32 Å². The highest BCUT2D eigenvalue weighted by Gasteiger charge is 2.65. The lowest BCUT2D eigenvalue weighted by atomic mass is 9.94. The molecule has 0 radical (unpaired) electrons. The molecule has 0 unspecified atom stereocenters. The van der Waals surface area contributed by atoms with Gasteiger partial charge in [0.2, 0.25) is 0 Å². The third-order valence-electron chi connectivity index (χ3n) is 3.08. The standard InChI is InChI=1S/C11H16N2O9/c1-10(4-14)8(19)11(9(20)22-10,13-7(18)6(12)17)21-3-2-5(15)16/h8,14,19H,2-4H2,1H3,(H2,12,17)(H,13,18)(H,15,16)/t8-,10-,11-/m0/s1. The van der Waals surface area contributed by atoms with Gasteiger partial charge < -0.3 is 35.8 Å². The van der Waals surface area contributed by atoms with Gasteiger partial charge in [-0.2, -0.15) is 0 Å². The number of carboxylic acid groups (broad SMARTS) is 1. The van der Waals surface area contributed by atoms with Gasteiger partial charge in [-0.15, -0.1) is 0 Å². The molecule has 0 aromatic heterocycles. The van der Waals surface area contributed by atoms with E-state index >= 15 is 0 Å². The van der Waals surface area contributed by atoms with E-state index in [1.54, 1.807) is 5.32 Å². The number of aliphatic hydroxyl groups excluding tert-OH is 2. The maximum atomic E-state index is 12.0. The molecule has 3 atom stereocenters. The molecule has 1 saturated heterocycles. The number of hydrogen-bond donors (Lipinski definition) is 5. The van der Waals surface area contributed by atoms with Crippen LogP contribution < -0.4 is 11.1 Å². The molecule has 0 bridgehead atoms. The maximum Gasteiger partial charge on any atom is 0.363 e. The number of aliphatic hydroxyl groups is 2. The van der Waals surface area contributed by atoms with Crippen LogP contribution in [0.25, 0.3) is 0 Å². The number of amides is 2. The van der Waals surface area contributed by atoms with E-state index in [9.17, 15) is 29.4 Å². The Morgan fingerprint density at radius 3 is 2.45 bits per heavy atom. The monoisotopic (exact) mass is 320 g/mol. The molecule has 1 aliphatic heterocycles.